The maximum atomic E-state index is 11.2. The molecule has 0 N–H and O–H groups in total. The first-order chi connectivity index (χ1) is 10.7. The summed E-state index contributed by atoms with van der Waals surface area (Å²) in [5, 5.41) is 0. The standard InChI is InChI=1S/C19H20O3/c1-15-9-11-18(17(13-15)10-12-19(20)21-2)22-14-16-7-5-3-4-6-8-16/h3-13,16H,14H2,1-2H3/b12-10+. The summed E-state index contributed by atoms with van der Waals surface area (Å²) in [6.45, 7) is 2.55. The molecule has 0 aliphatic heterocycles. The third-order valence-electron chi connectivity index (χ3n) is 3.25. The van der Waals surface area contributed by atoms with E-state index in [1.54, 1.807) is 6.08 Å². The fourth-order valence-electron chi connectivity index (χ4n) is 2.06. The van der Waals surface area contributed by atoms with Crippen molar-refractivity contribution in [3.8, 4) is 5.75 Å². The zero-order valence-corrected chi connectivity index (χ0v) is 12.9. The molecule has 0 aromatic heterocycles. The van der Waals surface area contributed by atoms with Crippen LogP contribution in [-0.4, -0.2) is 19.7 Å². The summed E-state index contributed by atoms with van der Waals surface area (Å²) in [4.78, 5) is 11.2. The highest BCUT2D eigenvalue weighted by molar-refractivity contribution is 5.87. The van der Waals surface area contributed by atoms with E-state index in [9.17, 15) is 4.79 Å². The van der Waals surface area contributed by atoms with Gasteiger partial charge in [-0.25, -0.2) is 4.79 Å². The fourth-order valence-corrected chi connectivity index (χ4v) is 2.06. The zero-order valence-electron chi connectivity index (χ0n) is 12.9. The second kappa shape index (κ2) is 8.03. The Bertz CT molecular complexity index is 620. The van der Waals surface area contributed by atoms with E-state index in [0.29, 0.717) is 6.61 Å². The van der Waals surface area contributed by atoms with Crippen molar-refractivity contribution in [1.82, 2.24) is 0 Å². The third-order valence-corrected chi connectivity index (χ3v) is 3.25. The van der Waals surface area contributed by atoms with Crippen LogP contribution in [0, 0.1) is 12.8 Å². The molecular formula is C19H20O3. The first-order valence-corrected chi connectivity index (χ1v) is 7.20. The first kappa shape index (κ1) is 15.8. The SMILES string of the molecule is COC(=O)/C=C/c1cc(C)ccc1OCC1C=CC=CC=C1. The van der Waals surface area contributed by atoms with Crippen LogP contribution in [0.4, 0.5) is 0 Å². The van der Waals surface area contributed by atoms with Gasteiger partial charge in [-0.15, -0.1) is 0 Å². The molecule has 2 rings (SSSR count). The number of ether oxygens (including phenoxy) is 2. The number of rotatable bonds is 5. The molecule has 0 bridgehead atoms. The summed E-state index contributed by atoms with van der Waals surface area (Å²) in [5.74, 6) is 0.603. The van der Waals surface area contributed by atoms with E-state index in [1.165, 1.54) is 13.2 Å². The molecule has 0 fully saturated rings. The number of allylic oxidation sites excluding steroid dienone is 4. The molecule has 3 heteroatoms. The summed E-state index contributed by atoms with van der Waals surface area (Å²) in [6.07, 6.45) is 15.3. The Hall–Kier alpha value is -2.55. The van der Waals surface area contributed by atoms with Gasteiger partial charge in [0.15, 0.2) is 0 Å². The second-order valence-electron chi connectivity index (χ2n) is 5.03. The topological polar surface area (TPSA) is 35.5 Å². The summed E-state index contributed by atoms with van der Waals surface area (Å²) in [6, 6.07) is 5.90. The molecular weight excluding hydrogens is 276 g/mol. The maximum Gasteiger partial charge on any atom is 0.330 e. The molecule has 0 saturated carbocycles. The smallest absolute Gasteiger partial charge is 0.330 e. The van der Waals surface area contributed by atoms with Crippen molar-refractivity contribution in [1.29, 1.82) is 0 Å². The van der Waals surface area contributed by atoms with E-state index in [2.05, 4.69) is 16.9 Å². The molecule has 1 aliphatic rings. The highest BCUT2D eigenvalue weighted by Gasteiger charge is 2.06. The molecule has 0 heterocycles. The van der Waals surface area contributed by atoms with Gasteiger partial charge in [0.1, 0.15) is 5.75 Å². The number of carbonyl (C=O) groups excluding carboxylic acids is 1. The molecule has 1 aliphatic carbocycles. The first-order valence-electron chi connectivity index (χ1n) is 7.20. The van der Waals surface area contributed by atoms with Crippen molar-refractivity contribution in [3.05, 3.63) is 71.9 Å². The highest BCUT2D eigenvalue weighted by Crippen LogP contribution is 2.23. The molecule has 1 aromatic carbocycles. The van der Waals surface area contributed by atoms with Crippen LogP contribution >= 0.6 is 0 Å². The molecule has 1 aromatic rings. The van der Waals surface area contributed by atoms with E-state index >= 15 is 0 Å². The monoisotopic (exact) mass is 296 g/mol. The van der Waals surface area contributed by atoms with Crippen molar-refractivity contribution in [2.24, 2.45) is 5.92 Å². The third kappa shape index (κ3) is 4.77. The molecule has 0 amide bonds. The minimum atomic E-state index is -0.381. The average Bonchev–Trinajstić information content (AvgIpc) is 2.80. The highest BCUT2D eigenvalue weighted by atomic mass is 16.5. The maximum absolute atomic E-state index is 11.2. The van der Waals surface area contributed by atoms with Crippen LogP contribution in [0.2, 0.25) is 0 Å². The van der Waals surface area contributed by atoms with Crippen LogP contribution in [0.15, 0.2) is 60.7 Å². The molecule has 0 saturated heterocycles. The lowest BCUT2D eigenvalue weighted by Crippen LogP contribution is -2.08. The lowest BCUT2D eigenvalue weighted by Gasteiger charge is -2.13. The largest absolute Gasteiger partial charge is 0.492 e. The molecule has 22 heavy (non-hydrogen) atoms. The van der Waals surface area contributed by atoms with E-state index < -0.39 is 0 Å². The van der Waals surface area contributed by atoms with Gasteiger partial charge in [-0.3, -0.25) is 0 Å². The van der Waals surface area contributed by atoms with Crippen molar-refractivity contribution >= 4 is 12.0 Å². The minimum Gasteiger partial charge on any atom is -0.492 e. The quantitative estimate of drug-likeness (QED) is 0.611. The van der Waals surface area contributed by atoms with Crippen molar-refractivity contribution < 1.29 is 14.3 Å². The van der Waals surface area contributed by atoms with Gasteiger partial charge < -0.3 is 9.47 Å². The summed E-state index contributed by atoms with van der Waals surface area (Å²) < 4.78 is 10.5. The van der Waals surface area contributed by atoms with E-state index in [4.69, 9.17) is 4.74 Å². The van der Waals surface area contributed by atoms with Crippen molar-refractivity contribution in [2.45, 2.75) is 6.92 Å². The zero-order chi connectivity index (χ0) is 15.8. The normalized spacial score (nSPS) is 14.3. The fraction of sp³-hybridized carbons (Fsp3) is 0.211. The summed E-state index contributed by atoms with van der Waals surface area (Å²) in [5.41, 5.74) is 1.97. The molecule has 0 unspecified atom stereocenters. The van der Waals surface area contributed by atoms with Gasteiger partial charge in [-0.05, 0) is 25.1 Å². The molecule has 0 spiro atoms. The van der Waals surface area contributed by atoms with Gasteiger partial charge >= 0.3 is 5.97 Å². The van der Waals surface area contributed by atoms with Crippen LogP contribution < -0.4 is 4.74 Å². The van der Waals surface area contributed by atoms with Crippen LogP contribution in [-0.2, 0) is 9.53 Å². The van der Waals surface area contributed by atoms with E-state index in [1.807, 2.05) is 49.4 Å². The Balaban J connectivity index is 2.09. The van der Waals surface area contributed by atoms with Crippen molar-refractivity contribution in [3.63, 3.8) is 0 Å². The van der Waals surface area contributed by atoms with Crippen molar-refractivity contribution in [2.75, 3.05) is 13.7 Å². The number of methoxy groups -OCH3 is 1. The van der Waals surface area contributed by atoms with Gasteiger partial charge in [-0.2, -0.15) is 0 Å². The second-order valence-corrected chi connectivity index (χ2v) is 5.03. The Kier molecular flexibility index (Phi) is 5.78. The van der Waals surface area contributed by atoms with Gasteiger partial charge in [0, 0.05) is 17.6 Å². The number of hydrogen-bond acceptors (Lipinski definition) is 3. The number of carbonyl (C=O) groups is 1. The number of benzene rings is 1. The van der Waals surface area contributed by atoms with Gasteiger partial charge in [0.25, 0.3) is 0 Å². The Labute approximate surface area is 131 Å². The predicted molar refractivity (Wildman–Crippen MR) is 88.6 cm³/mol. The number of esters is 1. The Morgan fingerprint density at radius 3 is 2.59 bits per heavy atom. The summed E-state index contributed by atoms with van der Waals surface area (Å²) in [7, 11) is 1.36. The number of hydrogen-bond donors (Lipinski definition) is 0. The lowest BCUT2D eigenvalue weighted by molar-refractivity contribution is -0.134. The molecule has 0 atom stereocenters. The Morgan fingerprint density at radius 2 is 1.91 bits per heavy atom. The predicted octanol–water partition coefficient (Wildman–Crippen LogP) is 3.86. The van der Waals surface area contributed by atoms with Gasteiger partial charge in [-0.1, -0.05) is 48.1 Å². The van der Waals surface area contributed by atoms with Crippen LogP contribution in [0.3, 0.4) is 0 Å². The lowest BCUT2D eigenvalue weighted by atomic mass is 10.1. The number of aryl methyl sites for hydroxylation is 1. The van der Waals surface area contributed by atoms with Gasteiger partial charge in [0.05, 0.1) is 13.7 Å². The van der Waals surface area contributed by atoms with Gasteiger partial charge in [0.2, 0.25) is 0 Å². The van der Waals surface area contributed by atoms with Crippen LogP contribution in [0.1, 0.15) is 11.1 Å². The van der Waals surface area contributed by atoms with Crippen LogP contribution in [0.5, 0.6) is 5.75 Å². The van der Waals surface area contributed by atoms with E-state index in [0.717, 1.165) is 16.9 Å². The van der Waals surface area contributed by atoms with E-state index in [-0.39, 0.29) is 11.9 Å². The summed E-state index contributed by atoms with van der Waals surface area (Å²) >= 11 is 0. The average molecular weight is 296 g/mol. The molecule has 3 nitrogen and oxygen atoms in total. The minimum absolute atomic E-state index is 0.230. The Morgan fingerprint density at radius 1 is 1.18 bits per heavy atom. The van der Waals surface area contributed by atoms with Crippen LogP contribution in [0.25, 0.3) is 6.08 Å². The molecule has 114 valence electrons. The molecule has 0 radical (unpaired) electrons.